The standard InChI is InChI=1S/C18H27NO2/c1-4-6-12-19(3)14-16-13-18(16,17(20)21-5-2)15-10-8-7-9-11-15/h7-11,16H,4-6,12-14H2,1-3H3/t16?,18-/m1/s1. The van der Waals surface area contributed by atoms with Crippen molar-refractivity contribution in [3.05, 3.63) is 35.9 Å². The molecule has 2 rings (SSSR count). The summed E-state index contributed by atoms with van der Waals surface area (Å²) < 4.78 is 5.36. The lowest BCUT2D eigenvalue weighted by molar-refractivity contribution is -0.146. The summed E-state index contributed by atoms with van der Waals surface area (Å²) in [6.45, 7) is 6.60. The molecule has 1 aromatic rings. The highest BCUT2D eigenvalue weighted by atomic mass is 16.5. The summed E-state index contributed by atoms with van der Waals surface area (Å²) in [6, 6.07) is 10.1. The maximum absolute atomic E-state index is 12.5. The van der Waals surface area contributed by atoms with Crippen LogP contribution < -0.4 is 0 Å². The molecular weight excluding hydrogens is 262 g/mol. The first-order valence-electron chi connectivity index (χ1n) is 8.06. The Kier molecular flexibility index (Phi) is 5.40. The zero-order chi connectivity index (χ0) is 15.3. The Balaban J connectivity index is 2.09. The third kappa shape index (κ3) is 3.46. The number of hydrogen-bond acceptors (Lipinski definition) is 3. The maximum Gasteiger partial charge on any atom is 0.316 e. The van der Waals surface area contributed by atoms with Gasteiger partial charge in [0, 0.05) is 6.54 Å². The molecule has 0 spiro atoms. The molecule has 1 aliphatic carbocycles. The Morgan fingerprint density at radius 1 is 1.33 bits per heavy atom. The molecule has 0 saturated heterocycles. The third-order valence-electron chi connectivity index (χ3n) is 4.46. The van der Waals surface area contributed by atoms with E-state index in [1.54, 1.807) is 0 Å². The quantitative estimate of drug-likeness (QED) is 0.688. The minimum Gasteiger partial charge on any atom is -0.465 e. The van der Waals surface area contributed by atoms with Crippen LogP contribution in [0.2, 0.25) is 0 Å². The van der Waals surface area contributed by atoms with Crippen LogP contribution >= 0.6 is 0 Å². The minimum absolute atomic E-state index is 0.0508. The average molecular weight is 289 g/mol. The molecule has 0 N–H and O–H groups in total. The molecule has 0 radical (unpaired) electrons. The number of nitrogens with zero attached hydrogens (tertiary/aromatic N) is 1. The average Bonchev–Trinajstić information content (AvgIpc) is 3.21. The lowest BCUT2D eigenvalue weighted by Gasteiger charge is -2.20. The van der Waals surface area contributed by atoms with Gasteiger partial charge in [0.15, 0.2) is 0 Å². The largest absolute Gasteiger partial charge is 0.465 e. The van der Waals surface area contributed by atoms with Gasteiger partial charge in [0.2, 0.25) is 0 Å². The molecule has 0 aliphatic heterocycles. The van der Waals surface area contributed by atoms with Crippen molar-refractivity contribution in [1.82, 2.24) is 4.90 Å². The van der Waals surface area contributed by atoms with Crippen molar-refractivity contribution in [3.8, 4) is 0 Å². The second-order valence-corrected chi connectivity index (χ2v) is 6.07. The molecule has 1 fully saturated rings. The number of ether oxygens (including phenoxy) is 1. The van der Waals surface area contributed by atoms with E-state index in [0.717, 1.165) is 25.1 Å². The summed E-state index contributed by atoms with van der Waals surface area (Å²) in [4.78, 5) is 14.8. The summed E-state index contributed by atoms with van der Waals surface area (Å²) in [5.41, 5.74) is 0.704. The van der Waals surface area contributed by atoms with Crippen LogP contribution in [0.1, 0.15) is 38.7 Å². The van der Waals surface area contributed by atoms with Gasteiger partial charge in [0.05, 0.1) is 12.0 Å². The molecule has 0 bridgehead atoms. The number of carbonyl (C=O) groups is 1. The smallest absolute Gasteiger partial charge is 0.316 e. The zero-order valence-electron chi connectivity index (χ0n) is 13.5. The highest BCUT2D eigenvalue weighted by Crippen LogP contribution is 2.55. The molecule has 1 unspecified atom stereocenters. The first-order valence-corrected chi connectivity index (χ1v) is 8.06. The fraction of sp³-hybridized carbons (Fsp3) is 0.611. The van der Waals surface area contributed by atoms with Crippen molar-refractivity contribution >= 4 is 5.97 Å². The molecule has 3 nitrogen and oxygen atoms in total. The van der Waals surface area contributed by atoms with Crippen LogP contribution in [0.5, 0.6) is 0 Å². The van der Waals surface area contributed by atoms with E-state index < -0.39 is 5.41 Å². The first-order chi connectivity index (χ1) is 10.1. The van der Waals surface area contributed by atoms with E-state index in [4.69, 9.17) is 4.74 Å². The van der Waals surface area contributed by atoms with E-state index in [1.165, 1.54) is 12.8 Å². The first kappa shape index (κ1) is 16.0. The van der Waals surface area contributed by atoms with E-state index in [9.17, 15) is 4.79 Å². The van der Waals surface area contributed by atoms with Gasteiger partial charge in [-0.1, -0.05) is 43.7 Å². The molecule has 1 saturated carbocycles. The summed E-state index contributed by atoms with van der Waals surface area (Å²) in [5, 5.41) is 0. The number of esters is 1. The van der Waals surface area contributed by atoms with Gasteiger partial charge < -0.3 is 9.64 Å². The normalized spacial score (nSPS) is 24.1. The number of unbranched alkanes of at least 4 members (excludes halogenated alkanes) is 1. The van der Waals surface area contributed by atoms with E-state index in [-0.39, 0.29) is 5.97 Å². The van der Waals surface area contributed by atoms with E-state index in [0.29, 0.717) is 12.5 Å². The lowest BCUT2D eigenvalue weighted by Crippen LogP contribution is -2.30. The summed E-state index contributed by atoms with van der Waals surface area (Å²) >= 11 is 0. The number of hydrogen-bond donors (Lipinski definition) is 0. The van der Waals surface area contributed by atoms with Crippen LogP contribution in [-0.2, 0) is 14.9 Å². The summed E-state index contributed by atoms with van der Waals surface area (Å²) in [5.74, 6) is 0.325. The van der Waals surface area contributed by atoms with Crippen LogP contribution in [0.3, 0.4) is 0 Å². The van der Waals surface area contributed by atoms with Gasteiger partial charge in [0.1, 0.15) is 0 Å². The van der Waals surface area contributed by atoms with Crippen molar-refractivity contribution in [2.24, 2.45) is 5.92 Å². The number of rotatable bonds is 8. The molecule has 3 heteroatoms. The topological polar surface area (TPSA) is 29.5 Å². The monoisotopic (exact) mass is 289 g/mol. The van der Waals surface area contributed by atoms with Crippen molar-refractivity contribution in [2.75, 3.05) is 26.7 Å². The van der Waals surface area contributed by atoms with Gasteiger partial charge in [-0.3, -0.25) is 4.79 Å². The molecule has 21 heavy (non-hydrogen) atoms. The number of benzene rings is 1. The zero-order valence-corrected chi connectivity index (χ0v) is 13.5. The molecule has 1 aromatic carbocycles. The molecule has 1 aliphatic rings. The number of carbonyl (C=O) groups excluding carboxylic acids is 1. The van der Waals surface area contributed by atoms with Crippen LogP contribution in [0.15, 0.2) is 30.3 Å². The predicted molar refractivity (Wildman–Crippen MR) is 85.3 cm³/mol. The SMILES string of the molecule is CCCCN(C)CC1C[C@@]1(C(=O)OCC)c1ccccc1. The summed E-state index contributed by atoms with van der Waals surface area (Å²) in [6.07, 6.45) is 3.32. The highest BCUT2D eigenvalue weighted by molar-refractivity contribution is 5.87. The second kappa shape index (κ2) is 7.08. The van der Waals surface area contributed by atoms with E-state index >= 15 is 0 Å². The van der Waals surface area contributed by atoms with Crippen molar-refractivity contribution in [1.29, 1.82) is 0 Å². The molecular formula is C18H27NO2. The Labute approximate surface area is 128 Å². The van der Waals surface area contributed by atoms with Crippen molar-refractivity contribution < 1.29 is 9.53 Å². The Morgan fingerprint density at radius 3 is 2.67 bits per heavy atom. The third-order valence-corrected chi connectivity index (χ3v) is 4.46. The molecule has 116 valence electrons. The highest BCUT2D eigenvalue weighted by Gasteiger charge is 2.62. The Morgan fingerprint density at radius 2 is 2.05 bits per heavy atom. The Hall–Kier alpha value is -1.35. The van der Waals surface area contributed by atoms with Crippen LogP contribution in [0.4, 0.5) is 0 Å². The van der Waals surface area contributed by atoms with Crippen LogP contribution in [-0.4, -0.2) is 37.6 Å². The molecule has 0 aromatic heterocycles. The summed E-state index contributed by atoms with van der Waals surface area (Å²) in [7, 11) is 2.15. The lowest BCUT2D eigenvalue weighted by atomic mass is 9.93. The fourth-order valence-corrected chi connectivity index (χ4v) is 3.16. The minimum atomic E-state index is -0.405. The molecule has 0 amide bonds. The molecule has 0 heterocycles. The van der Waals surface area contributed by atoms with Crippen LogP contribution in [0.25, 0.3) is 0 Å². The van der Waals surface area contributed by atoms with Gasteiger partial charge in [-0.2, -0.15) is 0 Å². The van der Waals surface area contributed by atoms with Crippen molar-refractivity contribution in [2.45, 2.75) is 38.5 Å². The van der Waals surface area contributed by atoms with Crippen LogP contribution in [0, 0.1) is 5.92 Å². The van der Waals surface area contributed by atoms with Gasteiger partial charge in [-0.15, -0.1) is 0 Å². The van der Waals surface area contributed by atoms with Gasteiger partial charge in [0.25, 0.3) is 0 Å². The second-order valence-electron chi connectivity index (χ2n) is 6.07. The van der Waals surface area contributed by atoms with Gasteiger partial charge >= 0.3 is 5.97 Å². The predicted octanol–water partition coefficient (Wildman–Crippen LogP) is 3.24. The van der Waals surface area contributed by atoms with E-state index in [2.05, 4.69) is 31.0 Å². The maximum atomic E-state index is 12.5. The van der Waals surface area contributed by atoms with Gasteiger partial charge in [-0.05, 0) is 44.8 Å². The van der Waals surface area contributed by atoms with E-state index in [1.807, 2.05) is 25.1 Å². The fourth-order valence-electron chi connectivity index (χ4n) is 3.16. The Bertz CT molecular complexity index is 460. The van der Waals surface area contributed by atoms with Crippen molar-refractivity contribution in [3.63, 3.8) is 0 Å². The molecule has 2 atom stereocenters. The van der Waals surface area contributed by atoms with Gasteiger partial charge in [-0.25, -0.2) is 0 Å².